The molecule has 1 aliphatic heterocycles. The van der Waals surface area contributed by atoms with E-state index in [0.29, 0.717) is 24.4 Å². The molecule has 0 N–H and O–H groups in total. The monoisotopic (exact) mass is 346 g/mol. The lowest BCUT2D eigenvalue weighted by Crippen LogP contribution is -2.48. The predicted molar refractivity (Wildman–Crippen MR) is 93.5 cm³/mol. The van der Waals surface area contributed by atoms with Crippen molar-refractivity contribution in [3.63, 3.8) is 0 Å². The number of carbonyl (C=O) groups is 3. The molecule has 1 aromatic rings. The van der Waals surface area contributed by atoms with E-state index in [-0.39, 0.29) is 11.5 Å². The molecule has 1 saturated heterocycles. The third kappa shape index (κ3) is 4.24. The molecule has 0 saturated carbocycles. The van der Waals surface area contributed by atoms with Crippen LogP contribution in [0.4, 0.5) is 5.69 Å². The normalized spacial score (nSPS) is 15.9. The zero-order valence-electron chi connectivity index (χ0n) is 14.9. The van der Waals surface area contributed by atoms with Crippen LogP contribution in [0.5, 0.6) is 5.75 Å². The molecule has 0 atom stereocenters. The van der Waals surface area contributed by atoms with Gasteiger partial charge in [0.05, 0.1) is 20.8 Å². The number of benzene rings is 1. The van der Waals surface area contributed by atoms with Crippen LogP contribution in [0.2, 0.25) is 0 Å². The van der Waals surface area contributed by atoms with Gasteiger partial charge in [-0.15, -0.1) is 0 Å². The summed E-state index contributed by atoms with van der Waals surface area (Å²) in [4.78, 5) is 39.3. The van der Waals surface area contributed by atoms with Crippen molar-refractivity contribution in [1.82, 2.24) is 4.90 Å². The number of ether oxygens (including phenoxy) is 2. The van der Waals surface area contributed by atoms with E-state index in [4.69, 9.17) is 4.74 Å². The summed E-state index contributed by atoms with van der Waals surface area (Å²) in [7, 11) is 4.62. The van der Waals surface area contributed by atoms with Crippen LogP contribution in [-0.4, -0.2) is 63.5 Å². The quantitative estimate of drug-likeness (QED) is 0.344. The summed E-state index contributed by atoms with van der Waals surface area (Å²) in [5, 5.41) is 0. The molecule has 1 aliphatic rings. The summed E-state index contributed by atoms with van der Waals surface area (Å²) in [6.45, 7) is 3.04. The molecule has 0 aromatic heterocycles. The van der Waals surface area contributed by atoms with Crippen molar-refractivity contribution in [2.75, 3.05) is 45.8 Å². The van der Waals surface area contributed by atoms with Crippen molar-refractivity contribution in [3.8, 4) is 5.75 Å². The number of rotatable bonds is 5. The summed E-state index contributed by atoms with van der Waals surface area (Å²) in [6, 6.07) is 5.21. The van der Waals surface area contributed by atoms with E-state index in [9.17, 15) is 14.4 Å². The molecule has 7 nitrogen and oxygen atoms in total. The van der Waals surface area contributed by atoms with E-state index in [0.717, 1.165) is 12.2 Å². The van der Waals surface area contributed by atoms with Crippen LogP contribution in [0.15, 0.2) is 23.8 Å². The maximum atomic E-state index is 12.2. The van der Waals surface area contributed by atoms with Crippen LogP contribution in [0.25, 0.3) is 6.08 Å². The number of anilines is 1. The van der Waals surface area contributed by atoms with Gasteiger partial charge in [0.25, 0.3) is 0 Å². The molecule has 1 aromatic carbocycles. The Labute approximate surface area is 146 Å². The van der Waals surface area contributed by atoms with Gasteiger partial charge < -0.3 is 14.4 Å². The summed E-state index contributed by atoms with van der Waals surface area (Å²) in [6.07, 6.45) is 1.43. The van der Waals surface area contributed by atoms with Crippen LogP contribution in [0.1, 0.15) is 12.5 Å². The lowest BCUT2D eigenvalue weighted by Gasteiger charge is -2.32. The van der Waals surface area contributed by atoms with Crippen molar-refractivity contribution in [1.29, 1.82) is 0 Å². The Morgan fingerprint density at radius 3 is 2.48 bits per heavy atom. The van der Waals surface area contributed by atoms with Gasteiger partial charge in [-0.2, -0.15) is 0 Å². The lowest BCUT2D eigenvalue weighted by atomic mass is 10.1. The first kappa shape index (κ1) is 18.7. The number of nitrogens with zero attached hydrogens (tertiary/aromatic N) is 2. The SMILES string of the molecule is COC(=O)C(=Cc1ccc(N2CCN(C)CC2=O)cc1OC)C(C)=O. The van der Waals surface area contributed by atoms with Crippen LogP contribution >= 0.6 is 0 Å². The molecular formula is C18H22N2O5. The minimum atomic E-state index is -0.701. The van der Waals surface area contributed by atoms with Crippen molar-refractivity contribution in [2.24, 2.45) is 0 Å². The van der Waals surface area contributed by atoms with Gasteiger partial charge in [0, 0.05) is 30.4 Å². The number of Topliss-reactive ketones (excluding diaryl/α,β-unsaturated/α-hetero) is 1. The van der Waals surface area contributed by atoms with Crippen molar-refractivity contribution >= 4 is 29.4 Å². The second-order valence-corrected chi connectivity index (χ2v) is 5.82. The molecule has 0 spiro atoms. The van der Waals surface area contributed by atoms with Gasteiger partial charge in [0.2, 0.25) is 5.91 Å². The Balaban J connectivity index is 2.38. The minimum Gasteiger partial charge on any atom is -0.496 e. The number of ketones is 1. The largest absolute Gasteiger partial charge is 0.496 e. The highest BCUT2D eigenvalue weighted by Crippen LogP contribution is 2.28. The molecule has 1 heterocycles. The molecule has 1 fully saturated rings. The van der Waals surface area contributed by atoms with Gasteiger partial charge in [-0.25, -0.2) is 4.79 Å². The van der Waals surface area contributed by atoms with E-state index in [1.54, 1.807) is 23.1 Å². The first-order valence-electron chi connectivity index (χ1n) is 7.85. The third-order valence-corrected chi connectivity index (χ3v) is 4.02. The van der Waals surface area contributed by atoms with Gasteiger partial charge in [-0.3, -0.25) is 14.5 Å². The Bertz CT molecular complexity index is 726. The number of esters is 1. The molecule has 1 amide bonds. The van der Waals surface area contributed by atoms with E-state index in [1.807, 2.05) is 11.9 Å². The number of likely N-dealkylation sites (N-methyl/N-ethyl adjacent to an activating group) is 1. The molecule has 7 heteroatoms. The summed E-state index contributed by atoms with van der Waals surface area (Å²) < 4.78 is 10.0. The standard InChI is InChI=1S/C18H22N2O5/c1-12(21)15(18(23)25-4)9-13-5-6-14(10-16(13)24-3)20-8-7-19(2)11-17(20)22/h5-6,9-10H,7-8,11H2,1-4H3. The summed E-state index contributed by atoms with van der Waals surface area (Å²) >= 11 is 0. The zero-order chi connectivity index (χ0) is 18.6. The number of piperazine rings is 1. The summed E-state index contributed by atoms with van der Waals surface area (Å²) in [5.41, 5.74) is 1.21. The highest BCUT2D eigenvalue weighted by molar-refractivity contribution is 6.19. The maximum absolute atomic E-state index is 12.2. The van der Waals surface area contributed by atoms with Gasteiger partial charge >= 0.3 is 5.97 Å². The fourth-order valence-corrected chi connectivity index (χ4v) is 2.62. The van der Waals surface area contributed by atoms with Crippen molar-refractivity contribution < 1.29 is 23.9 Å². The van der Waals surface area contributed by atoms with Crippen LogP contribution in [0, 0.1) is 0 Å². The molecular weight excluding hydrogens is 324 g/mol. The smallest absolute Gasteiger partial charge is 0.341 e. The molecule has 2 rings (SSSR count). The Kier molecular flexibility index (Phi) is 5.93. The van der Waals surface area contributed by atoms with E-state index in [1.165, 1.54) is 27.2 Å². The molecule has 0 bridgehead atoms. The van der Waals surface area contributed by atoms with Crippen LogP contribution in [-0.2, 0) is 19.1 Å². The minimum absolute atomic E-state index is 0.0121. The Hall–Kier alpha value is -2.67. The van der Waals surface area contributed by atoms with Crippen LogP contribution in [0.3, 0.4) is 0 Å². The van der Waals surface area contributed by atoms with Gasteiger partial charge in [-0.1, -0.05) is 0 Å². The molecule has 0 radical (unpaired) electrons. The number of hydrogen-bond donors (Lipinski definition) is 0. The summed E-state index contributed by atoms with van der Waals surface area (Å²) in [5.74, 6) is -0.620. The average Bonchev–Trinajstić information content (AvgIpc) is 2.58. The van der Waals surface area contributed by atoms with Gasteiger partial charge in [0.1, 0.15) is 11.3 Å². The van der Waals surface area contributed by atoms with E-state index >= 15 is 0 Å². The number of amides is 1. The maximum Gasteiger partial charge on any atom is 0.341 e. The molecule has 134 valence electrons. The molecule has 0 unspecified atom stereocenters. The number of carbonyl (C=O) groups excluding carboxylic acids is 3. The van der Waals surface area contributed by atoms with Gasteiger partial charge in [-0.05, 0) is 32.2 Å². The highest BCUT2D eigenvalue weighted by Gasteiger charge is 2.24. The fraction of sp³-hybridized carbons (Fsp3) is 0.389. The zero-order valence-corrected chi connectivity index (χ0v) is 14.9. The second kappa shape index (κ2) is 7.94. The van der Waals surface area contributed by atoms with E-state index in [2.05, 4.69) is 4.74 Å². The van der Waals surface area contributed by atoms with Gasteiger partial charge in [0.15, 0.2) is 5.78 Å². The van der Waals surface area contributed by atoms with Crippen molar-refractivity contribution in [3.05, 3.63) is 29.3 Å². The molecule has 0 aliphatic carbocycles. The Morgan fingerprint density at radius 2 is 1.92 bits per heavy atom. The average molecular weight is 346 g/mol. The lowest BCUT2D eigenvalue weighted by molar-refractivity contribution is -0.137. The Morgan fingerprint density at radius 1 is 1.20 bits per heavy atom. The van der Waals surface area contributed by atoms with Crippen molar-refractivity contribution in [2.45, 2.75) is 6.92 Å². The third-order valence-electron chi connectivity index (χ3n) is 4.02. The second-order valence-electron chi connectivity index (χ2n) is 5.82. The topological polar surface area (TPSA) is 76.2 Å². The fourth-order valence-electron chi connectivity index (χ4n) is 2.62. The number of methoxy groups -OCH3 is 2. The first-order valence-corrected chi connectivity index (χ1v) is 7.85. The number of hydrogen-bond acceptors (Lipinski definition) is 6. The highest BCUT2D eigenvalue weighted by atomic mass is 16.5. The van der Waals surface area contributed by atoms with Crippen LogP contribution < -0.4 is 9.64 Å². The predicted octanol–water partition coefficient (Wildman–Crippen LogP) is 1.12. The van der Waals surface area contributed by atoms with E-state index < -0.39 is 11.8 Å². The molecule has 25 heavy (non-hydrogen) atoms. The first-order chi connectivity index (χ1) is 11.9.